The molecule has 1 aromatic heterocycles. The molecule has 74 valence electrons. The first-order valence-electron chi connectivity index (χ1n) is 4.14. The van der Waals surface area contributed by atoms with Gasteiger partial charge in [-0.3, -0.25) is 0 Å². The molecule has 0 bridgehead atoms. The van der Waals surface area contributed by atoms with E-state index in [1.165, 1.54) is 0 Å². The second kappa shape index (κ2) is 4.91. The fourth-order valence-corrected chi connectivity index (χ4v) is 1.26. The molecule has 0 spiro atoms. The molecule has 1 aromatic rings. The molecule has 1 heterocycles. The van der Waals surface area contributed by atoms with Gasteiger partial charge < -0.3 is 4.90 Å². The second-order valence-electron chi connectivity index (χ2n) is 3.19. The van der Waals surface area contributed by atoms with Gasteiger partial charge in [-0.05, 0) is 31.8 Å². The second-order valence-corrected chi connectivity index (χ2v) is 3.57. The standard InChI is InChI=1S/C10H11ClN2O/c1-13(2)6-9(7-14)8-3-4-12-10(11)5-8/h3-5H,6H2,1-2H3. The third-order valence-corrected chi connectivity index (χ3v) is 1.88. The van der Waals surface area contributed by atoms with E-state index in [2.05, 4.69) is 4.98 Å². The minimum Gasteiger partial charge on any atom is -0.304 e. The maximum Gasteiger partial charge on any atom is 0.129 e. The highest BCUT2D eigenvalue weighted by atomic mass is 35.5. The number of hydrogen-bond acceptors (Lipinski definition) is 3. The van der Waals surface area contributed by atoms with Gasteiger partial charge in [-0.25, -0.2) is 9.78 Å². The summed E-state index contributed by atoms with van der Waals surface area (Å²) in [6.45, 7) is 0.545. The van der Waals surface area contributed by atoms with Crippen molar-refractivity contribution in [3.63, 3.8) is 0 Å². The Morgan fingerprint density at radius 3 is 2.86 bits per heavy atom. The Morgan fingerprint density at radius 2 is 2.36 bits per heavy atom. The number of pyridine rings is 1. The Kier molecular flexibility index (Phi) is 3.84. The van der Waals surface area contributed by atoms with E-state index in [1.807, 2.05) is 24.9 Å². The zero-order valence-electron chi connectivity index (χ0n) is 8.12. The molecule has 0 saturated heterocycles. The predicted molar refractivity (Wildman–Crippen MR) is 56.9 cm³/mol. The first-order valence-corrected chi connectivity index (χ1v) is 4.52. The smallest absolute Gasteiger partial charge is 0.129 e. The largest absolute Gasteiger partial charge is 0.304 e. The van der Waals surface area contributed by atoms with Crippen LogP contribution >= 0.6 is 11.6 Å². The zero-order valence-corrected chi connectivity index (χ0v) is 8.88. The fraction of sp³-hybridized carbons (Fsp3) is 0.300. The third kappa shape index (κ3) is 2.96. The van der Waals surface area contributed by atoms with Crippen LogP contribution in [0, 0.1) is 0 Å². The van der Waals surface area contributed by atoms with E-state index in [9.17, 15) is 4.79 Å². The van der Waals surface area contributed by atoms with Crippen LogP contribution in [0.15, 0.2) is 18.3 Å². The average Bonchev–Trinajstić information content (AvgIpc) is 2.14. The lowest BCUT2D eigenvalue weighted by Gasteiger charge is -2.10. The van der Waals surface area contributed by atoms with E-state index in [0.29, 0.717) is 17.3 Å². The molecule has 0 amide bonds. The third-order valence-electron chi connectivity index (χ3n) is 1.67. The number of nitrogens with zero attached hydrogens (tertiary/aromatic N) is 2. The monoisotopic (exact) mass is 210 g/mol. The van der Waals surface area contributed by atoms with Crippen molar-refractivity contribution >= 4 is 23.1 Å². The molecular weight excluding hydrogens is 200 g/mol. The van der Waals surface area contributed by atoms with Gasteiger partial charge in [-0.1, -0.05) is 11.6 Å². The summed E-state index contributed by atoms with van der Waals surface area (Å²) in [6.07, 6.45) is 1.57. The maximum atomic E-state index is 10.7. The van der Waals surface area contributed by atoms with Gasteiger partial charge in [-0.2, -0.15) is 0 Å². The van der Waals surface area contributed by atoms with Gasteiger partial charge in [0.2, 0.25) is 0 Å². The number of hydrogen-bond donors (Lipinski definition) is 0. The van der Waals surface area contributed by atoms with E-state index in [0.717, 1.165) is 5.56 Å². The lowest BCUT2D eigenvalue weighted by Crippen LogP contribution is -2.14. The highest BCUT2D eigenvalue weighted by Crippen LogP contribution is 2.14. The van der Waals surface area contributed by atoms with Crippen LogP contribution in [0.2, 0.25) is 5.15 Å². The normalized spacial score (nSPS) is 10.0. The van der Waals surface area contributed by atoms with Crippen LogP contribution in [0.3, 0.4) is 0 Å². The Bertz CT molecular complexity index is 370. The predicted octanol–water partition coefficient (Wildman–Crippen LogP) is 1.51. The van der Waals surface area contributed by atoms with Crippen molar-refractivity contribution in [3.05, 3.63) is 29.0 Å². The summed E-state index contributed by atoms with van der Waals surface area (Å²) in [6, 6.07) is 3.40. The quantitative estimate of drug-likeness (QED) is 0.560. The molecule has 0 saturated carbocycles. The van der Waals surface area contributed by atoms with Crippen LogP contribution in [-0.2, 0) is 4.79 Å². The Hall–Kier alpha value is -1.15. The van der Waals surface area contributed by atoms with Crippen molar-refractivity contribution in [1.29, 1.82) is 0 Å². The molecule has 0 aliphatic rings. The summed E-state index contributed by atoms with van der Waals surface area (Å²) in [5.41, 5.74) is 1.35. The molecule has 0 aliphatic carbocycles. The lowest BCUT2D eigenvalue weighted by atomic mass is 10.1. The van der Waals surface area contributed by atoms with Crippen LogP contribution in [0.25, 0.3) is 5.57 Å². The van der Waals surface area contributed by atoms with E-state index >= 15 is 0 Å². The minimum absolute atomic E-state index is 0.383. The molecule has 0 atom stereocenters. The van der Waals surface area contributed by atoms with Gasteiger partial charge in [0.25, 0.3) is 0 Å². The molecular formula is C10H11ClN2O. The lowest BCUT2D eigenvalue weighted by molar-refractivity contribution is 0.462. The number of likely N-dealkylation sites (N-methyl/N-ethyl adjacent to an activating group) is 1. The highest BCUT2D eigenvalue weighted by Gasteiger charge is 2.04. The van der Waals surface area contributed by atoms with E-state index in [4.69, 9.17) is 11.6 Å². The molecule has 0 N–H and O–H groups in total. The van der Waals surface area contributed by atoms with Crippen molar-refractivity contribution in [2.75, 3.05) is 20.6 Å². The fourth-order valence-electron chi connectivity index (χ4n) is 1.09. The Labute approximate surface area is 88.0 Å². The molecule has 0 unspecified atom stereocenters. The van der Waals surface area contributed by atoms with Gasteiger partial charge in [0.1, 0.15) is 11.1 Å². The van der Waals surface area contributed by atoms with Crippen molar-refractivity contribution in [3.8, 4) is 0 Å². The maximum absolute atomic E-state index is 10.7. The topological polar surface area (TPSA) is 33.2 Å². The van der Waals surface area contributed by atoms with Crippen LogP contribution in [0.1, 0.15) is 5.56 Å². The molecule has 4 heteroatoms. The van der Waals surface area contributed by atoms with Crippen molar-refractivity contribution in [2.24, 2.45) is 0 Å². The number of rotatable bonds is 3. The molecule has 1 rings (SSSR count). The summed E-state index contributed by atoms with van der Waals surface area (Å²) < 4.78 is 0. The van der Waals surface area contributed by atoms with Gasteiger partial charge in [0, 0.05) is 12.7 Å². The summed E-state index contributed by atoms with van der Waals surface area (Å²) in [4.78, 5) is 16.4. The Balaban J connectivity index is 2.96. The van der Waals surface area contributed by atoms with Crippen LogP contribution in [-0.4, -0.2) is 36.5 Å². The molecule has 0 radical (unpaired) electrons. The van der Waals surface area contributed by atoms with Crippen LogP contribution in [0.5, 0.6) is 0 Å². The van der Waals surface area contributed by atoms with Gasteiger partial charge in [0.05, 0.1) is 5.57 Å². The number of carbonyl (C=O) groups excluding carboxylic acids is 1. The summed E-state index contributed by atoms with van der Waals surface area (Å²) in [7, 11) is 3.78. The van der Waals surface area contributed by atoms with Crippen LogP contribution in [0.4, 0.5) is 0 Å². The van der Waals surface area contributed by atoms with Gasteiger partial charge in [-0.15, -0.1) is 0 Å². The minimum atomic E-state index is 0.383. The van der Waals surface area contributed by atoms with Crippen molar-refractivity contribution in [2.45, 2.75) is 0 Å². The van der Waals surface area contributed by atoms with Gasteiger partial charge in [0.15, 0.2) is 0 Å². The summed E-state index contributed by atoms with van der Waals surface area (Å²) >= 11 is 5.71. The molecule has 0 aromatic carbocycles. The average molecular weight is 211 g/mol. The van der Waals surface area contributed by atoms with Gasteiger partial charge >= 0.3 is 0 Å². The molecule has 3 nitrogen and oxygen atoms in total. The zero-order chi connectivity index (χ0) is 10.6. The first-order chi connectivity index (χ1) is 6.63. The van der Waals surface area contributed by atoms with Crippen LogP contribution < -0.4 is 0 Å². The summed E-state index contributed by atoms with van der Waals surface area (Å²) in [5.74, 6) is 1.92. The van der Waals surface area contributed by atoms with Crippen molar-refractivity contribution < 1.29 is 4.79 Å². The van der Waals surface area contributed by atoms with Crippen molar-refractivity contribution in [1.82, 2.24) is 9.88 Å². The number of aromatic nitrogens is 1. The van der Waals surface area contributed by atoms with E-state index in [1.54, 1.807) is 18.3 Å². The molecule has 0 aliphatic heterocycles. The molecule has 14 heavy (non-hydrogen) atoms. The SMILES string of the molecule is CN(C)CC(=C=O)c1ccnc(Cl)c1. The van der Waals surface area contributed by atoms with E-state index in [-0.39, 0.29) is 0 Å². The molecule has 0 fully saturated rings. The van der Waals surface area contributed by atoms with E-state index < -0.39 is 0 Å². The highest BCUT2D eigenvalue weighted by molar-refractivity contribution is 6.29. The first kappa shape index (κ1) is 10.9. The number of halogens is 1. The Morgan fingerprint density at radius 1 is 1.64 bits per heavy atom. The summed E-state index contributed by atoms with van der Waals surface area (Å²) in [5, 5.41) is 0.383.